The summed E-state index contributed by atoms with van der Waals surface area (Å²) in [6, 6.07) is 3.22. The topological polar surface area (TPSA) is 71.2 Å². The number of nitrogens with two attached hydrogens (primary N) is 1. The molecule has 1 aromatic heterocycles. The van der Waals surface area contributed by atoms with Crippen LogP contribution in [-0.4, -0.2) is 28.9 Å². The Morgan fingerprint density at radius 3 is 2.47 bits per heavy atom. The van der Waals surface area contributed by atoms with Crippen LogP contribution in [0.15, 0.2) is 12.1 Å². The fraction of sp³-hybridized carbons (Fsp3) is 0.538. The Morgan fingerprint density at radius 1 is 1.21 bits per heavy atom. The van der Waals surface area contributed by atoms with Gasteiger partial charge < -0.3 is 10.3 Å². The summed E-state index contributed by atoms with van der Waals surface area (Å²) in [7, 11) is 0. The second-order valence-electron chi connectivity index (χ2n) is 4.77. The van der Waals surface area contributed by atoms with Gasteiger partial charge in [0.15, 0.2) is 0 Å². The Labute approximate surface area is 118 Å². The van der Waals surface area contributed by atoms with Crippen molar-refractivity contribution in [2.75, 3.05) is 18.5 Å². The summed E-state index contributed by atoms with van der Waals surface area (Å²) in [4.78, 5) is 18.3. The first-order valence-electron chi connectivity index (χ1n) is 6.64. The van der Waals surface area contributed by atoms with Gasteiger partial charge in [0.05, 0.1) is 0 Å². The second kappa shape index (κ2) is 6.73. The molecule has 0 aromatic carbocycles. The van der Waals surface area contributed by atoms with Gasteiger partial charge in [-0.05, 0) is 25.0 Å². The SMILES string of the molecule is NNc1cc(C(=O)N2CCCCCCC2)cc(Cl)n1. The van der Waals surface area contributed by atoms with Crippen molar-refractivity contribution in [1.82, 2.24) is 9.88 Å². The van der Waals surface area contributed by atoms with Gasteiger partial charge in [0, 0.05) is 18.7 Å². The smallest absolute Gasteiger partial charge is 0.254 e. The Morgan fingerprint density at radius 2 is 1.84 bits per heavy atom. The predicted molar refractivity (Wildman–Crippen MR) is 76.0 cm³/mol. The number of amides is 1. The summed E-state index contributed by atoms with van der Waals surface area (Å²) < 4.78 is 0. The quantitative estimate of drug-likeness (QED) is 0.496. The van der Waals surface area contributed by atoms with Gasteiger partial charge in [-0.15, -0.1) is 0 Å². The minimum Gasteiger partial charge on any atom is -0.339 e. The van der Waals surface area contributed by atoms with Crippen molar-refractivity contribution in [3.8, 4) is 0 Å². The minimum absolute atomic E-state index is 0.00250. The normalized spacial score (nSPS) is 16.6. The van der Waals surface area contributed by atoms with E-state index in [4.69, 9.17) is 17.4 Å². The molecule has 0 atom stereocenters. The van der Waals surface area contributed by atoms with Crippen LogP contribution in [0.2, 0.25) is 5.15 Å². The third kappa shape index (κ3) is 3.81. The van der Waals surface area contributed by atoms with Gasteiger partial charge in [-0.2, -0.15) is 0 Å². The molecule has 2 rings (SSSR count). The highest BCUT2D eigenvalue weighted by Gasteiger charge is 2.18. The summed E-state index contributed by atoms with van der Waals surface area (Å²) in [5.74, 6) is 5.72. The number of anilines is 1. The van der Waals surface area contributed by atoms with E-state index >= 15 is 0 Å². The number of nitrogen functional groups attached to an aromatic ring is 1. The number of carbonyl (C=O) groups is 1. The van der Waals surface area contributed by atoms with E-state index in [2.05, 4.69) is 10.4 Å². The van der Waals surface area contributed by atoms with Crippen LogP contribution in [0.25, 0.3) is 0 Å². The first-order chi connectivity index (χ1) is 9.20. The maximum absolute atomic E-state index is 12.5. The van der Waals surface area contributed by atoms with Crippen LogP contribution >= 0.6 is 11.6 Å². The third-order valence-corrected chi connectivity index (χ3v) is 3.53. The molecule has 6 heteroatoms. The molecule has 0 saturated carbocycles. The molecule has 1 aliphatic heterocycles. The number of pyridine rings is 1. The van der Waals surface area contributed by atoms with Crippen molar-refractivity contribution >= 4 is 23.3 Å². The maximum atomic E-state index is 12.5. The average molecular weight is 283 g/mol. The van der Waals surface area contributed by atoms with Crippen LogP contribution < -0.4 is 11.3 Å². The van der Waals surface area contributed by atoms with Gasteiger partial charge in [-0.3, -0.25) is 4.79 Å². The summed E-state index contributed by atoms with van der Waals surface area (Å²) in [6.07, 6.45) is 5.77. The molecule has 2 heterocycles. The van der Waals surface area contributed by atoms with Crippen molar-refractivity contribution in [2.24, 2.45) is 5.84 Å². The molecule has 19 heavy (non-hydrogen) atoms. The van der Waals surface area contributed by atoms with E-state index < -0.39 is 0 Å². The van der Waals surface area contributed by atoms with E-state index in [9.17, 15) is 4.79 Å². The Hall–Kier alpha value is -1.33. The third-order valence-electron chi connectivity index (χ3n) is 3.33. The lowest BCUT2D eigenvalue weighted by molar-refractivity contribution is 0.0742. The average Bonchev–Trinajstić information content (AvgIpc) is 2.37. The number of nitrogens with zero attached hydrogens (tertiary/aromatic N) is 2. The van der Waals surface area contributed by atoms with Crippen molar-refractivity contribution in [3.05, 3.63) is 22.8 Å². The van der Waals surface area contributed by atoms with E-state index in [-0.39, 0.29) is 11.1 Å². The Bertz CT molecular complexity index is 444. The summed E-state index contributed by atoms with van der Waals surface area (Å²) in [5.41, 5.74) is 2.96. The molecule has 0 aliphatic carbocycles. The lowest BCUT2D eigenvalue weighted by atomic mass is 10.1. The van der Waals surface area contributed by atoms with Crippen LogP contribution in [0.4, 0.5) is 5.82 Å². The molecule has 3 N–H and O–H groups in total. The van der Waals surface area contributed by atoms with Gasteiger partial charge in [0.2, 0.25) is 0 Å². The fourth-order valence-electron chi connectivity index (χ4n) is 2.33. The molecular weight excluding hydrogens is 264 g/mol. The van der Waals surface area contributed by atoms with E-state index in [1.165, 1.54) is 19.3 Å². The predicted octanol–water partition coefficient (Wildman–Crippen LogP) is 2.43. The largest absolute Gasteiger partial charge is 0.339 e. The molecule has 0 bridgehead atoms. The Balaban J connectivity index is 2.15. The van der Waals surface area contributed by atoms with Crippen LogP contribution in [0.1, 0.15) is 42.5 Å². The van der Waals surface area contributed by atoms with Gasteiger partial charge >= 0.3 is 0 Å². The summed E-state index contributed by atoms with van der Waals surface area (Å²) in [5, 5.41) is 0.269. The number of nitrogens with one attached hydrogen (secondary N) is 1. The molecule has 1 saturated heterocycles. The molecule has 1 aromatic rings. The highest BCUT2D eigenvalue weighted by atomic mass is 35.5. The minimum atomic E-state index is 0.00250. The number of rotatable bonds is 2. The standard InChI is InChI=1S/C13H19ClN4O/c14-11-8-10(9-12(16-11)17-15)13(19)18-6-4-2-1-3-5-7-18/h8-9H,1-7,15H2,(H,16,17). The maximum Gasteiger partial charge on any atom is 0.254 e. The zero-order valence-corrected chi connectivity index (χ0v) is 11.6. The fourth-order valence-corrected chi connectivity index (χ4v) is 2.54. The number of halogens is 1. The van der Waals surface area contributed by atoms with Crippen molar-refractivity contribution < 1.29 is 4.79 Å². The van der Waals surface area contributed by atoms with Crippen molar-refractivity contribution in [1.29, 1.82) is 0 Å². The van der Waals surface area contributed by atoms with E-state index in [0.29, 0.717) is 11.4 Å². The number of aromatic nitrogens is 1. The highest BCUT2D eigenvalue weighted by Crippen LogP contribution is 2.18. The van der Waals surface area contributed by atoms with Crippen LogP contribution in [0, 0.1) is 0 Å². The van der Waals surface area contributed by atoms with Crippen LogP contribution in [0.3, 0.4) is 0 Å². The number of hydrazine groups is 1. The number of hydrogen-bond donors (Lipinski definition) is 2. The molecule has 5 nitrogen and oxygen atoms in total. The van der Waals surface area contributed by atoms with Crippen molar-refractivity contribution in [2.45, 2.75) is 32.1 Å². The van der Waals surface area contributed by atoms with Gasteiger partial charge in [0.25, 0.3) is 5.91 Å². The van der Waals surface area contributed by atoms with Gasteiger partial charge in [0.1, 0.15) is 11.0 Å². The Kier molecular flexibility index (Phi) is 4.99. The molecule has 104 valence electrons. The lowest BCUT2D eigenvalue weighted by Gasteiger charge is -2.25. The van der Waals surface area contributed by atoms with E-state index in [0.717, 1.165) is 25.9 Å². The number of carbonyl (C=O) groups excluding carboxylic acids is 1. The first kappa shape index (κ1) is 14.1. The zero-order chi connectivity index (χ0) is 13.7. The lowest BCUT2D eigenvalue weighted by Crippen LogP contribution is -2.34. The molecule has 1 amide bonds. The second-order valence-corrected chi connectivity index (χ2v) is 5.16. The van der Waals surface area contributed by atoms with Crippen LogP contribution in [-0.2, 0) is 0 Å². The molecule has 0 radical (unpaired) electrons. The number of likely N-dealkylation sites (tertiary alicyclic amines) is 1. The van der Waals surface area contributed by atoms with Gasteiger partial charge in [-0.25, -0.2) is 10.8 Å². The molecule has 0 spiro atoms. The molecular formula is C13H19ClN4O. The van der Waals surface area contributed by atoms with Gasteiger partial charge in [-0.1, -0.05) is 30.9 Å². The molecule has 1 aliphatic rings. The molecule has 1 fully saturated rings. The summed E-state index contributed by atoms with van der Waals surface area (Å²) in [6.45, 7) is 1.62. The summed E-state index contributed by atoms with van der Waals surface area (Å²) >= 11 is 5.89. The first-order valence-corrected chi connectivity index (χ1v) is 7.02. The monoisotopic (exact) mass is 282 g/mol. The number of hydrogen-bond acceptors (Lipinski definition) is 4. The van der Waals surface area contributed by atoms with Crippen LogP contribution in [0.5, 0.6) is 0 Å². The van der Waals surface area contributed by atoms with E-state index in [1.54, 1.807) is 12.1 Å². The zero-order valence-electron chi connectivity index (χ0n) is 10.9. The van der Waals surface area contributed by atoms with E-state index in [1.807, 2.05) is 4.90 Å². The highest BCUT2D eigenvalue weighted by molar-refractivity contribution is 6.29. The molecule has 0 unspecified atom stereocenters. The van der Waals surface area contributed by atoms with Crippen molar-refractivity contribution in [3.63, 3.8) is 0 Å².